The number of imidazole rings is 1. The minimum Gasteiger partial charge on any atom is -0.380 e. The summed E-state index contributed by atoms with van der Waals surface area (Å²) in [6.45, 7) is 11.0. The SMILES string of the molecule is CCOCC(C)Nc1nccn1CC(C)C. The van der Waals surface area contributed by atoms with Crippen molar-refractivity contribution >= 4 is 5.95 Å². The lowest BCUT2D eigenvalue weighted by Gasteiger charge is -2.16. The Morgan fingerprint density at radius 1 is 1.44 bits per heavy atom. The van der Waals surface area contributed by atoms with E-state index in [1.807, 2.05) is 19.3 Å². The number of anilines is 1. The van der Waals surface area contributed by atoms with Crippen molar-refractivity contribution in [3.05, 3.63) is 12.4 Å². The topological polar surface area (TPSA) is 39.1 Å². The second kappa shape index (κ2) is 6.53. The molecule has 0 aliphatic carbocycles. The molecule has 1 heterocycles. The summed E-state index contributed by atoms with van der Waals surface area (Å²) in [5, 5.41) is 3.36. The fourth-order valence-electron chi connectivity index (χ4n) is 1.55. The van der Waals surface area contributed by atoms with Crippen LogP contribution in [0.15, 0.2) is 12.4 Å². The van der Waals surface area contributed by atoms with Gasteiger partial charge in [0.15, 0.2) is 0 Å². The van der Waals surface area contributed by atoms with Gasteiger partial charge in [0.1, 0.15) is 0 Å². The van der Waals surface area contributed by atoms with Crippen LogP contribution in [0.25, 0.3) is 0 Å². The minimum absolute atomic E-state index is 0.285. The number of ether oxygens (including phenoxy) is 1. The summed E-state index contributed by atoms with van der Waals surface area (Å²) < 4.78 is 7.51. The second-order valence-electron chi connectivity index (χ2n) is 4.50. The van der Waals surface area contributed by atoms with Gasteiger partial charge in [-0.2, -0.15) is 0 Å². The first-order valence-electron chi connectivity index (χ1n) is 5.98. The van der Waals surface area contributed by atoms with E-state index in [-0.39, 0.29) is 6.04 Å². The normalized spacial score (nSPS) is 13.1. The van der Waals surface area contributed by atoms with Gasteiger partial charge >= 0.3 is 0 Å². The number of aromatic nitrogens is 2. The van der Waals surface area contributed by atoms with Crippen LogP contribution in [0.5, 0.6) is 0 Å². The molecule has 0 amide bonds. The molecular formula is C12H23N3O. The Morgan fingerprint density at radius 2 is 2.19 bits per heavy atom. The Morgan fingerprint density at radius 3 is 2.81 bits per heavy atom. The molecule has 4 nitrogen and oxygen atoms in total. The molecule has 16 heavy (non-hydrogen) atoms. The molecule has 0 fully saturated rings. The average Bonchev–Trinajstić information content (AvgIpc) is 2.62. The highest BCUT2D eigenvalue weighted by Crippen LogP contribution is 2.09. The van der Waals surface area contributed by atoms with Crippen LogP contribution in [0.1, 0.15) is 27.7 Å². The van der Waals surface area contributed by atoms with Gasteiger partial charge < -0.3 is 14.6 Å². The molecule has 1 aromatic heterocycles. The smallest absolute Gasteiger partial charge is 0.203 e. The van der Waals surface area contributed by atoms with Gasteiger partial charge in [-0.3, -0.25) is 0 Å². The maximum Gasteiger partial charge on any atom is 0.203 e. The average molecular weight is 225 g/mol. The Kier molecular flexibility index (Phi) is 5.32. The van der Waals surface area contributed by atoms with E-state index in [0.29, 0.717) is 12.5 Å². The van der Waals surface area contributed by atoms with E-state index >= 15 is 0 Å². The molecule has 0 aliphatic heterocycles. The standard InChI is InChI=1S/C12H23N3O/c1-5-16-9-11(4)14-12-13-6-7-15(12)8-10(2)3/h6-7,10-11H,5,8-9H2,1-4H3,(H,13,14). The fraction of sp³-hybridized carbons (Fsp3) is 0.750. The second-order valence-corrected chi connectivity index (χ2v) is 4.50. The Balaban J connectivity index is 2.49. The molecule has 0 bridgehead atoms. The third-order valence-electron chi connectivity index (χ3n) is 2.22. The van der Waals surface area contributed by atoms with Crippen molar-refractivity contribution < 1.29 is 4.74 Å². The third-order valence-corrected chi connectivity index (χ3v) is 2.22. The largest absolute Gasteiger partial charge is 0.380 e. The van der Waals surface area contributed by atoms with Gasteiger partial charge in [0, 0.05) is 31.6 Å². The third kappa shape index (κ3) is 4.23. The minimum atomic E-state index is 0.285. The zero-order valence-corrected chi connectivity index (χ0v) is 10.7. The van der Waals surface area contributed by atoms with Crippen molar-refractivity contribution in [3.8, 4) is 0 Å². The Hall–Kier alpha value is -1.03. The van der Waals surface area contributed by atoms with Gasteiger partial charge in [-0.15, -0.1) is 0 Å². The first kappa shape index (κ1) is 13.0. The summed E-state index contributed by atoms with van der Waals surface area (Å²) in [4.78, 5) is 4.31. The molecule has 0 radical (unpaired) electrons. The van der Waals surface area contributed by atoms with E-state index in [1.54, 1.807) is 0 Å². The summed E-state index contributed by atoms with van der Waals surface area (Å²) in [6, 6.07) is 0.285. The maximum absolute atomic E-state index is 5.37. The van der Waals surface area contributed by atoms with Crippen molar-refractivity contribution in [2.45, 2.75) is 40.3 Å². The summed E-state index contributed by atoms with van der Waals surface area (Å²) >= 11 is 0. The van der Waals surface area contributed by atoms with Crippen LogP contribution in [0, 0.1) is 5.92 Å². The van der Waals surface area contributed by atoms with Gasteiger partial charge in [0.2, 0.25) is 5.95 Å². The van der Waals surface area contributed by atoms with Crippen LogP contribution in [0.2, 0.25) is 0 Å². The van der Waals surface area contributed by atoms with E-state index in [4.69, 9.17) is 4.74 Å². The molecule has 1 atom stereocenters. The fourth-order valence-corrected chi connectivity index (χ4v) is 1.55. The Labute approximate surface area is 98.0 Å². The summed E-state index contributed by atoms with van der Waals surface area (Å²) in [7, 11) is 0. The number of hydrogen-bond donors (Lipinski definition) is 1. The van der Waals surface area contributed by atoms with E-state index < -0.39 is 0 Å². The van der Waals surface area contributed by atoms with Crippen LogP contribution in [0.4, 0.5) is 5.95 Å². The molecule has 4 heteroatoms. The molecule has 0 saturated carbocycles. The van der Waals surface area contributed by atoms with Crippen LogP contribution in [0.3, 0.4) is 0 Å². The highest BCUT2D eigenvalue weighted by molar-refractivity contribution is 5.27. The lowest BCUT2D eigenvalue weighted by atomic mass is 10.2. The molecule has 1 N–H and O–H groups in total. The van der Waals surface area contributed by atoms with Crippen LogP contribution in [-0.2, 0) is 11.3 Å². The highest BCUT2D eigenvalue weighted by atomic mass is 16.5. The monoisotopic (exact) mass is 225 g/mol. The van der Waals surface area contributed by atoms with Gasteiger partial charge in [0.25, 0.3) is 0 Å². The lowest BCUT2D eigenvalue weighted by molar-refractivity contribution is 0.141. The number of nitrogens with zero attached hydrogens (tertiary/aromatic N) is 2. The number of nitrogens with one attached hydrogen (secondary N) is 1. The number of rotatable bonds is 7. The lowest BCUT2D eigenvalue weighted by Crippen LogP contribution is -2.24. The van der Waals surface area contributed by atoms with Crippen LogP contribution >= 0.6 is 0 Å². The predicted molar refractivity (Wildman–Crippen MR) is 66.6 cm³/mol. The summed E-state index contributed by atoms with van der Waals surface area (Å²) in [5.74, 6) is 1.55. The predicted octanol–water partition coefficient (Wildman–Crippen LogP) is 2.38. The van der Waals surface area contributed by atoms with E-state index in [0.717, 1.165) is 19.1 Å². The molecule has 1 unspecified atom stereocenters. The first-order chi connectivity index (χ1) is 7.63. The molecule has 0 aliphatic rings. The molecule has 1 aromatic rings. The summed E-state index contributed by atoms with van der Waals surface area (Å²) in [5.41, 5.74) is 0. The summed E-state index contributed by atoms with van der Waals surface area (Å²) in [6.07, 6.45) is 3.84. The van der Waals surface area contributed by atoms with Crippen LogP contribution in [-0.4, -0.2) is 28.8 Å². The number of hydrogen-bond acceptors (Lipinski definition) is 3. The van der Waals surface area contributed by atoms with Gasteiger partial charge in [-0.05, 0) is 19.8 Å². The van der Waals surface area contributed by atoms with Crippen molar-refractivity contribution in [1.82, 2.24) is 9.55 Å². The van der Waals surface area contributed by atoms with Crippen LogP contribution < -0.4 is 5.32 Å². The van der Waals surface area contributed by atoms with E-state index in [9.17, 15) is 0 Å². The molecule has 92 valence electrons. The van der Waals surface area contributed by atoms with Gasteiger partial charge in [-0.1, -0.05) is 13.8 Å². The molecule has 1 rings (SSSR count). The molecular weight excluding hydrogens is 202 g/mol. The van der Waals surface area contributed by atoms with Gasteiger partial charge in [-0.25, -0.2) is 4.98 Å². The Bertz CT molecular complexity index is 296. The van der Waals surface area contributed by atoms with Crippen molar-refractivity contribution in [3.63, 3.8) is 0 Å². The zero-order chi connectivity index (χ0) is 12.0. The van der Waals surface area contributed by atoms with E-state index in [2.05, 4.69) is 35.6 Å². The van der Waals surface area contributed by atoms with Crippen molar-refractivity contribution in [2.75, 3.05) is 18.5 Å². The van der Waals surface area contributed by atoms with Gasteiger partial charge in [0.05, 0.1) is 6.61 Å². The molecule has 0 spiro atoms. The van der Waals surface area contributed by atoms with Crippen molar-refractivity contribution in [1.29, 1.82) is 0 Å². The quantitative estimate of drug-likeness (QED) is 0.774. The first-order valence-corrected chi connectivity index (χ1v) is 5.98. The molecule has 0 saturated heterocycles. The van der Waals surface area contributed by atoms with E-state index in [1.165, 1.54) is 0 Å². The maximum atomic E-state index is 5.37. The van der Waals surface area contributed by atoms with Crippen molar-refractivity contribution in [2.24, 2.45) is 5.92 Å². The highest BCUT2D eigenvalue weighted by Gasteiger charge is 2.07. The zero-order valence-electron chi connectivity index (χ0n) is 10.7. The molecule has 0 aromatic carbocycles.